The minimum Gasteiger partial charge on any atom is -0.374 e. The Morgan fingerprint density at radius 2 is 1.95 bits per heavy atom. The minimum atomic E-state index is -1.27. The Morgan fingerprint density at radius 1 is 1.30 bits per heavy atom. The third-order valence-corrected chi connectivity index (χ3v) is 3.90. The standard InChI is InChI=1S/C15H23NO3S/c1-15(2,3)20(17)16-10-14(18-4)12-19-11-13-8-6-5-7-9-13/h5-10,14H,11-12H2,1-4H3/b16-10+/t14-,20+/m0/s1. The Balaban J connectivity index is 2.40. The van der Waals surface area contributed by atoms with Crippen molar-refractivity contribution in [3.63, 3.8) is 0 Å². The molecule has 0 fully saturated rings. The highest BCUT2D eigenvalue weighted by atomic mass is 32.2. The van der Waals surface area contributed by atoms with Gasteiger partial charge >= 0.3 is 0 Å². The summed E-state index contributed by atoms with van der Waals surface area (Å²) in [7, 11) is 0.319. The van der Waals surface area contributed by atoms with Gasteiger partial charge in [0.1, 0.15) is 17.1 Å². The van der Waals surface area contributed by atoms with E-state index in [4.69, 9.17) is 9.47 Å². The van der Waals surface area contributed by atoms with Crippen LogP contribution in [0.4, 0.5) is 0 Å². The van der Waals surface area contributed by atoms with Crippen LogP contribution in [0, 0.1) is 0 Å². The van der Waals surface area contributed by atoms with E-state index in [-0.39, 0.29) is 10.9 Å². The van der Waals surface area contributed by atoms with Gasteiger partial charge < -0.3 is 9.47 Å². The molecule has 1 aromatic carbocycles. The highest BCUT2D eigenvalue weighted by molar-refractivity contribution is 7.85. The molecule has 0 radical (unpaired) electrons. The van der Waals surface area contributed by atoms with E-state index < -0.39 is 11.0 Å². The van der Waals surface area contributed by atoms with Gasteiger partial charge in [0, 0.05) is 13.3 Å². The molecule has 20 heavy (non-hydrogen) atoms. The fourth-order valence-electron chi connectivity index (χ4n) is 1.32. The summed E-state index contributed by atoms with van der Waals surface area (Å²) in [6.07, 6.45) is 1.27. The van der Waals surface area contributed by atoms with Crippen LogP contribution in [-0.2, 0) is 27.1 Å². The number of ether oxygens (including phenoxy) is 2. The summed E-state index contributed by atoms with van der Waals surface area (Å²) in [5.74, 6) is 0. The number of rotatable bonds is 7. The predicted octanol–water partition coefficient (Wildman–Crippen LogP) is 2.75. The Kier molecular flexibility index (Phi) is 7.05. The Morgan fingerprint density at radius 3 is 2.50 bits per heavy atom. The van der Waals surface area contributed by atoms with Crippen LogP contribution >= 0.6 is 0 Å². The van der Waals surface area contributed by atoms with Crippen molar-refractivity contribution < 1.29 is 13.7 Å². The molecular weight excluding hydrogens is 274 g/mol. The summed E-state index contributed by atoms with van der Waals surface area (Å²) in [5.41, 5.74) is 1.11. The zero-order valence-corrected chi connectivity index (χ0v) is 13.4. The molecule has 2 atom stereocenters. The lowest BCUT2D eigenvalue weighted by molar-refractivity contribution is 0.0370. The van der Waals surface area contributed by atoms with Crippen LogP contribution in [0.3, 0.4) is 0 Å². The average molecular weight is 297 g/mol. The maximum Gasteiger partial charge on any atom is 0.144 e. The van der Waals surface area contributed by atoms with E-state index in [9.17, 15) is 4.21 Å². The van der Waals surface area contributed by atoms with Crippen LogP contribution < -0.4 is 0 Å². The highest BCUT2D eigenvalue weighted by Crippen LogP contribution is 2.11. The van der Waals surface area contributed by atoms with Gasteiger partial charge in [-0.2, -0.15) is 4.40 Å². The van der Waals surface area contributed by atoms with Crippen LogP contribution in [-0.4, -0.2) is 35.0 Å². The van der Waals surface area contributed by atoms with E-state index in [1.807, 2.05) is 51.1 Å². The second-order valence-electron chi connectivity index (χ2n) is 5.39. The fourth-order valence-corrected chi connectivity index (χ4v) is 1.88. The van der Waals surface area contributed by atoms with Gasteiger partial charge in [0.15, 0.2) is 0 Å². The first-order chi connectivity index (χ1) is 9.43. The van der Waals surface area contributed by atoms with Gasteiger partial charge in [-0.3, -0.25) is 0 Å². The number of hydrogen-bond acceptors (Lipinski definition) is 3. The third kappa shape index (κ3) is 6.41. The molecule has 0 spiro atoms. The first kappa shape index (κ1) is 17.0. The zero-order valence-electron chi connectivity index (χ0n) is 12.5. The van der Waals surface area contributed by atoms with Crippen molar-refractivity contribution in [1.82, 2.24) is 0 Å². The maximum atomic E-state index is 11.8. The molecule has 0 aliphatic rings. The molecule has 5 heteroatoms. The van der Waals surface area contributed by atoms with Crippen molar-refractivity contribution in [3.8, 4) is 0 Å². The lowest BCUT2D eigenvalue weighted by atomic mass is 10.2. The predicted molar refractivity (Wildman–Crippen MR) is 83.3 cm³/mol. The average Bonchev–Trinajstić information content (AvgIpc) is 2.42. The number of methoxy groups -OCH3 is 1. The summed E-state index contributed by atoms with van der Waals surface area (Å²) in [5, 5.41) is 0. The molecule has 4 nitrogen and oxygen atoms in total. The first-order valence-electron chi connectivity index (χ1n) is 6.54. The third-order valence-electron chi connectivity index (χ3n) is 2.54. The van der Waals surface area contributed by atoms with E-state index >= 15 is 0 Å². The molecule has 0 unspecified atom stereocenters. The molecule has 0 N–H and O–H groups in total. The summed E-state index contributed by atoms with van der Waals surface area (Å²) < 4.78 is 26.3. The van der Waals surface area contributed by atoms with E-state index in [0.29, 0.717) is 13.2 Å². The molecule has 0 bridgehead atoms. The lowest BCUT2D eigenvalue weighted by Crippen LogP contribution is -2.23. The van der Waals surface area contributed by atoms with E-state index in [1.165, 1.54) is 0 Å². The molecular formula is C15H23NO3S. The largest absolute Gasteiger partial charge is 0.374 e. The summed E-state index contributed by atoms with van der Waals surface area (Å²) in [4.78, 5) is 0. The monoisotopic (exact) mass is 297 g/mol. The van der Waals surface area contributed by atoms with Gasteiger partial charge in [0.2, 0.25) is 0 Å². The molecule has 0 aromatic heterocycles. The number of hydrogen-bond donors (Lipinski definition) is 0. The van der Waals surface area contributed by atoms with Gasteiger partial charge in [0.05, 0.1) is 18.0 Å². The molecule has 1 rings (SSSR count). The molecule has 1 aromatic rings. The fraction of sp³-hybridized carbons (Fsp3) is 0.533. The van der Waals surface area contributed by atoms with Crippen molar-refractivity contribution in [2.45, 2.75) is 38.2 Å². The van der Waals surface area contributed by atoms with Crippen LogP contribution in [0.15, 0.2) is 34.7 Å². The van der Waals surface area contributed by atoms with Gasteiger partial charge in [-0.05, 0) is 26.3 Å². The first-order valence-corrected chi connectivity index (χ1v) is 7.65. The molecule has 0 saturated heterocycles. The second kappa shape index (κ2) is 8.29. The van der Waals surface area contributed by atoms with Crippen LogP contribution in [0.2, 0.25) is 0 Å². The van der Waals surface area contributed by atoms with Gasteiger partial charge in [-0.25, -0.2) is 4.21 Å². The number of nitrogens with zero attached hydrogens (tertiary/aromatic N) is 1. The molecule has 112 valence electrons. The van der Waals surface area contributed by atoms with Gasteiger partial charge in [-0.15, -0.1) is 0 Å². The molecule has 0 heterocycles. The molecule has 0 aliphatic carbocycles. The summed E-state index contributed by atoms with van der Waals surface area (Å²) in [6.45, 7) is 6.56. The minimum absolute atomic E-state index is 0.287. The SMILES string of the molecule is CO[C@@H](/C=N/[S@](=O)C(C)(C)C)COCc1ccccc1. The number of benzene rings is 1. The van der Waals surface area contributed by atoms with E-state index in [2.05, 4.69) is 4.40 Å². The normalized spacial score (nSPS) is 15.4. The van der Waals surface area contributed by atoms with E-state index in [0.717, 1.165) is 5.56 Å². The highest BCUT2D eigenvalue weighted by Gasteiger charge is 2.18. The van der Waals surface area contributed by atoms with Crippen LogP contribution in [0.25, 0.3) is 0 Å². The summed E-state index contributed by atoms with van der Waals surface area (Å²) >= 11 is 0. The van der Waals surface area contributed by atoms with Crippen molar-refractivity contribution in [1.29, 1.82) is 0 Å². The molecule has 0 saturated carbocycles. The zero-order chi connectivity index (χ0) is 15.0. The van der Waals surface area contributed by atoms with Gasteiger partial charge in [0.25, 0.3) is 0 Å². The van der Waals surface area contributed by atoms with Crippen LogP contribution in [0.1, 0.15) is 26.3 Å². The van der Waals surface area contributed by atoms with Crippen LogP contribution in [0.5, 0.6) is 0 Å². The second-order valence-corrected chi connectivity index (χ2v) is 7.32. The summed E-state index contributed by atoms with van der Waals surface area (Å²) in [6, 6.07) is 9.92. The maximum absolute atomic E-state index is 11.8. The van der Waals surface area contributed by atoms with E-state index in [1.54, 1.807) is 13.3 Å². The topological polar surface area (TPSA) is 47.9 Å². The Bertz CT molecular complexity index is 440. The molecule has 0 amide bonds. The van der Waals surface area contributed by atoms with Gasteiger partial charge in [-0.1, -0.05) is 30.3 Å². The van der Waals surface area contributed by atoms with Crippen molar-refractivity contribution >= 4 is 17.2 Å². The van der Waals surface area contributed by atoms with Crippen molar-refractivity contribution in [2.75, 3.05) is 13.7 Å². The molecule has 0 aliphatic heterocycles. The quantitative estimate of drug-likeness (QED) is 0.727. The Hall–Kier alpha value is -1.04. The van der Waals surface area contributed by atoms with Crippen molar-refractivity contribution in [2.24, 2.45) is 4.40 Å². The van der Waals surface area contributed by atoms with Crippen molar-refractivity contribution in [3.05, 3.63) is 35.9 Å². The smallest absolute Gasteiger partial charge is 0.144 e. The lowest BCUT2D eigenvalue weighted by Gasteiger charge is -2.15. The Labute approximate surface area is 123 Å².